The Morgan fingerprint density at radius 1 is 1.17 bits per heavy atom. The summed E-state index contributed by atoms with van der Waals surface area (Å²) in [6, 6.07) is 16.6. The smallest absolute Gasteiger partial charge is 0.271 e. The predicted molar refractivity (Wildman–Crippen MR) is 135 cm³/mol. The van der Waals surface area contributed by atoms with Crippen LogP contribution in [0.2, 0.25) is 0 Å². The molecule has 1 aliphatic rings. The third kappa shape index (κ3) is 4.64. The van der Waals surface area contributed by atoms with E-state index in [1.165, 1.54) is 34.4 Å². The highest BCUT2D eigenvalue weighted by Gasteiger charge is 2.33. The second-order valence-corrected chi connectivity index (χ2v) is 8.83. The highest BCUT2D eigenvalue weighted by atomic mass is 32.1. The number of hydrogen-bond donors (Lipinski definition) is 1. The van der Waals surface area contributed by atoms with Gasteiger partial charge in [-0.2, -0.15) is 0 Å². The zero-order valence-corrected chi connectivity index (χ0v) is 19.8. The van der Waals surface area contributed by atoms with Gasteiger partial charge in [-0.1, -0.05) is 12.1 Å². The van der Waals surface area contributed by atoms with E-state index >= 15 is 0 Å². The standard InChI is InChI=1S/C25H19N5O5S/c1-15-25(32)29(13-23(31)27-17-5-4-6-18(12-17)30(33)34)21-11-16(8-9-22(21)35-15)20-14-36-24(28-20)19-7-2-3-10-26-19/h2-12,14-15H,13H2,1H3,(H,27,31). The molecule has 2 aromatic carbocycles. The monoisotopic (exact) mass is 501 g/mol. The van der Waals surface area contributed by atoms with Crippen molar-refractivity contribution in [3.8, 4) is 27.7 Å². The number of anilines is 2. The zero-order chi connectivity index (χ0) is 25.2. The number of non-ortho nitro benzene ring substituents is 1. The fourth-order valence-corrected chi connectivity index (χ4v) is 4.59. The van der Waals surface area contributed by atoms with Crippen molar-refractivity contribution >= 4 is 40.2 Å². The van der Waals surface area contributed by atoms with Gasteiger partial charge in [0.25, 0.3) is 11.6 Å². The molecule has 0 fully saturated rings. The number of amides is 2. The van der Waals surface area contributed by atoms with Crippen molar-refractivity contribution in [1.29, 1.82) is 0 Å². The first kappa shape index (κ1) is 23.1. The third-order valence-corrected chi connectivity index (χ3v) is 6.36. The number of carbonyl (C=O) groups excluding carboxylic acids is 2. The molecule has 0 spiro atoms. The number of nitro benzene ring substituents is 1. The molecule has 0 saturated carbocycles. The molecule has 180 valence electrons. The van der Waals surface area contributed by atoms with E-state index in [1.54, 1.807) is 31.3 Å². The van der Waals surface area contributed by atoms with Crippen LogP contribution < -0.4 is 15.0 Å². The maximum absolute atomic E-state index is 13.0. The Labute approximate surface area is 209 Å². The van der Waals surface area contributed by atoms with E-state index in [4.69, 9.17) is 4.74 Å². The maximum Gasteiger partial charge on any atom is 0.271 e. The Morgan fingerprint density at radius 2 is 2.03 bits per heavy atom. The van der Waals surface area contributed by atoms with Gasteiger partial charge < -0.3 is 10.1 Å². The number of pyridine rings is 1. The number of rotatable bonds is 6. The van der Waals surface area contributed by atoms with Crippen LogP contribution >= 0.6 is 11.3 Å². The molecule has 4 aromatic rings. The van der Waals surface area contributed by atoms with Gasteiger partial charge in [0.2, 0.25) is 5.91 Å². The van der Waals surface area contributed by atoms with Crippen molar-refractivity contribution in [3.63, 3.8) is 0 Å². The van der Waals surface area contributed by atoms with Crippen molar-refractivity contribution in [1.82, 2.24) is 9.97 Å². The van der Waals surface area contributed by atoms with Gasteiger partial charge >= 0.3 is 0 Å². The molecular weight excluding hydrogens is 482 g/mol. The van der Waals surface area contributed by atoms with Crippen LogP contribution in [-0.2, 0) is 9.59 Å². The number of ether oxygens (including phenoxy) is 1. The van der Waals surface area contributed by atoms with Crippen molar-refractivity contribution in [3.05, 3.63) is 82.4 Å². The number of benzene rings is 2. The summed E-state index contributed by atoms with van der Waals surface area (Å²) in [6.07, 6.45) is 0.930. The molecule has 36 heavy (non-hydrogen) atoms. The first-order valence-electron chi connectivity index (χ1n) is 10.9. The van der Waals surface area contributed by atoms with Gasteiger partial charge in [0.05, 0.1) is 22.0 Å². The summed E-state index contributed by atoms with van der Waals surface area (Å²) in [5, 5.41) is 16.3. The van der Waals surface area contributed by atoms with Crippen LogP contribution in [0.3, 0.4) is 0 Å². The highest BCUT2D eigenvalue weighted by Crippen LogP contribution is 2.38. The average Bonchev–Trinajstić information content (AvgIpc) is 3.38. The van der Waals surface area contributed by atoms with E-state index in [-0.39, 0.29) is 23.8 Å². The second kappa shape index (κ2) is 9.55. The number of thiazole rings is 1. The number of fused-ring (bicyclic) bond motifs is 1. The molecule has 0 aliphatic carbocycles. The molecular formula is C25H19N5O5S. The number of nitrogens with zero attached hydrogens (tertiary/aromatic N) is 4. The lowest BCUT2D eigenvalue weighted by Gasteiger charge is -2.32. The van der Waals surface area contributed by atoms with Crippen LogP contribution in [0.4, 0.5) is 17.1 Å². The molecule has 5 rings (SSSR count). The Hall–Kier alpha value is -4.64. The molecule has 1 atom stereocenters. The number of hydrogen-bond acceptors (Lipinski definition) is 8. The van der Waals surface area contributed by atoms with E-state index in [2.05, 4.69) is 15.3 Å². The van der Waals surface area contributed by atoms with Crippen molar-refractivity contribution < 1.29 is 19.2 Å². The molecule has 0 bridgehead atoms. The fourth-order valence-electron chi connectivity index (χ4n) is 3.78. The Morgan fingerprint density at radius 3 is 2.81 bits per heavy atom. The fraction of sp³-hybridized carbons (Fsp3) is 0.120. The quantitative estimate of drug-likeness (QED) is 0.304. The van der Waals surface area contributed by atoms with Gasteiger partial charge in [0.1, 0.15) is 17.3 Å². The van der Waals surface area contributed by atoms with E-state index in [0.29, 0.717) is 17.1 Å². The van der Waals surface area contributed by atoms with Crippen LogP contribution in [0.1, 0.15) is 6.92 Å². The minimum absolute atomic E-state index is 0.146. The van der Waals surface area contributed by atoms with Gasteiger partial charge in [-0.3, -0.25) is 29.6 Å². The van der Waals surface area contributed by atoms with E-state index in [9.17, 15) is 19.7 Å². The summed E-state index contributed by atoms with van der Waals surface area (Å²) in [5.41, 5.74) is 2.78. The molecule has 0 radical (unpaired) electrons. The molecule has 2 aromatic heterocycles. The van der Waals surface area contributed by atoms with E-state index in [0.717, 1.165) is 16.3 Å². The summed E-state index contributed by atoms with van der Waals surface area (Å²) < 4.78 is 5.76. The van der Waals surface area contributed by atoms with Crippen molar-refractivity contribution in [2.75, 3.05) is 16.8 Å². The molecule has 1 aliphatic heterocycles. The average molecular weight is 502 g/mol. The van der Waals surface area contributed by atoms with E-state index < -0.39 is 16.9 Å². The number of nitro groups is 1. The SMILES string of the molecule is CC1Oc2ccc(-c3csc(-c4ccccn4)n3)cc2N(CC(=O)Nc2cccc([N+](=O)[O-])c2)C1=O. The van der Waals surface area contributed by atoms with Crippen LogP contribution in [0.25, 0.3) is 22.0 Å². The second-order valence-electron chi connectivity index (χ2n) is 7.98. The van der Waals surface area contributed by atoms with Crippen molar-refractivity contribution in [2.24, 2.45) is 0 Å². The van der Waals surface area contributed by atoms with Crippen LogP contribution in [0, 0.1) is 10.1 Å². The predicted octanol–water partition coefficient (Wildman–Crippen LogP) is 4.53. The summed E-state index contributed by atoms with van der Waals surface area (Å²) in [6.45, 7) is 1.33. The normalized spacial score (nSPS) is 14.6. The zero-order valence-electron chi connectivity index (χ0n) is 19.0. The maximum atomic E-state index is 13.0. The molecule has 2 amide bonds. The first-order valence-corrected chi connectivity index (χ1v) is 11.8. The van der Waals surface area contributed by atoms with Crippen LogP contribution in [0.15, 0.2) is 72.2 Å². The van der Waals surface area contributed by atoms with Gasteiger partial charge in [-0.25, -0.2) is 4.98 Å². The molecule has 11 heteroatoms. The number of nitrogens with one attached hydrogen (secondary N) is 1. The Kier molecular flexibility index (Phi) is 6.13. The van der Waals surface area contributed by atoms with Crippen LogP contribution in [-0.4, -0.2) is 39.4 Å². The number of carbonyl (C=O) groups is 2. The summed E-state index contributed by atoms with van der Waals surface area (Å²) in [7, 11) is 0. The van der Waals surface area contributed by atoms with Gasteiger partial charge in [0, 0.05) is 35.0 Å². The highest BCUT2D eigenvalue weighted by molar-refractivity contribution is 7.13. The largest absolute Gasteiger partial charge is 0.479 e. The molecule has 3 heterocycles. The third-order valence-electron chi connectivity index (χ3n) is 5.49. The Balaban J connectivity index is 1.41. The van der Waals surface area contributed by atoms with Crippen molar-refractivity contribution in [2.45, 2.75) is 13.0 Å². The number of aromatic nitrogens is 2. The molecule has 1 N–H and O–H groups in total. The lowest BCUT2D eigenvalue weighted by atomic mass is 10.1. The summed E-state index contributed by atoms with van der Waals surface area (Å²) >= 11 is 1.45. The molecule has 1 unspecified atom stereocenters. The van der Waals surface area contributed by atoms with E-state index in [1.807, 2.05) is 29.6 Å². The van der Waals surface area contributed by atoms with Gasteiger partial charge in [0.15, 0.2) is 6.10 Å². The minimum Gasteiger partial charge on any atom is -0.479 e. The summed E-state index contributed by atoms with van der Waals surface area (Å²) in [4.78, 5) is 46.6. The van der Waals surface area contributed by atoms with Crippen LogP contribution in [0.5, 0.6) is 5.75 Å². The summed E-state index contributed by atoms with van der Waals surface area (Å²) in [5.74, 6) is -0.407. The lowest BCUT2D eigenvalue weighted by molar-refractivity contribution is -0.384. The van der Waals surface area contributed by atoms with Gasteiger partial charge in [-0.05, 0) is 43.3 Å². The first-order chi connectivity index (χ1) is 17.4. The molecule has 0 saturated heterocycles. The molecule has 10 nitrogen and oxygen atoms in total. The Bertz CT molecular complexity index is 1470. The minimum atomic E-state index is -0.774. The lowest BCUT2D eigenvalue weighted by Crippen LogP contribution is -2.47. The van der Waals surface area contributed by atoms with Gasteiger partial charge in [-0.15, -0.1) is 11.3 Å². The topological polar surface area (TPSA) is 128 Å².